The van der Waals surface area contributed by atoms with Crippen LogP contribution in [0.15, 0.2) is 0 Å². The Kier molecular flexibility index (Phi) is 5.11. The van der Waals surface area contributed by atoms with Crippen molar-refractivity contribution in [3.63, 3.8) is 0 Å². The van der Waals surface area contributed by atoms with Crippen molar-refractivity contribution in [2.75, 3.05) is 19.6 Å². The molecule has 1 amide bonds. The summed E-state index contributed by atoms with van der Waals surface area (Å²) in [5.74, 6) is 2.06. The van der Waals surface area contributed by atoms with Crippen molar-refractivity contribution < 1.29 is 4.79 Å². The Bertz CT molecular complexity index is 375. The van der Waals surface area contributed by atoms with Crippen LogP contribution in [0.1, 0.15) is 71.6 Å². The van der Waals surface area contributed by atoms with Crippen LogP contribution >= 0.6 is 0 Å². The molecule has 3 rings (SSSR count). The molecule has 0 aromatic carbocycles. The van der Waals surface area contributed by atoms with Crippen LogP contribution in [0.25, 0.3) is 0 Å². The summed E-state index contributed by atoms with van der Waals surface area (Å²) in [7, 11) is 0. The number of piperidine rings is 1. The third-order valence-corrected chi connectivity index (χ3v) is 5.99. The Hall–Kier alpha value is -0.570. The van der Waals surface area contributed by atoms with Gasteiger partial charge in [-0.25, -0.2) is 0 Å². The van der Waals surface area contributed by atoms with Crippen molar-refractivity contribution in [1.29, 1.82) is 0 Å². The van der Waals surface area contributed by atoms with Gasteiger partial charge in [0.15, 0.2) is 0 Å². The minimum Gasteiger partial charge on any atom is -0.342 e. The second kappa shape index (κ2) is 6.90. The maximum Gasteiger partial charge on any atom is 0.228 e. The molecule has 3 nitrogen and oxygen atoms in total. The van der Waals surface area contributed by atoms with E-state index < -0.39 is 0 Å². The molecule has 0 atom stereocenters. The van der Waals surface area contributed by atoms with Gasteiger partial charge in [0, 0.05) is 24.5 Å². The minimum atomic E-state index is -0.0115. The van der Waals surface area contributed by atoms with Crippen LogP contribution in [0.5, 0.6) is 0 Å². The summed E-state index contributed by atoms with van der Waals surface area (Å²) >= 11 is 0. The predicted molar refractivity (Wildman–Crippen MR) is 90.7 cm³/mol. The maximum absolute atomic E-state index is 13.1. The first-order chi connectivity index (χ1) is 10.6. The molecule has 0 aromatic heterocycles. The third kappa shape index (κ3) is 3.84. The van der Waals surface area contributed by atoms with Crippen LogP contribution in [0.3, 0.4) is 0 Å². The molecule has 0 unspecified atom stereocenters. The van der Waals surface area contributed by atoms with Crippen LogP contribution in [-0.2, 0) is 4.79 Å². The number of rotatable bonds is 6. The van der Waals surface area contributed by atoms with Crippen molar-refractivity contribution in [3.05, 3.63) is 0 Å². The summed E-state index contributed by atoms with van der Waals surface area (Å²) < 4.78 is 0. The highest BCUT2D eigenvalue weighted by atomic mass is 16.2. The first-order valence-corrected chi connectivity index (χ1v) is 9.62. The average Bonchev–Trinajstić information content (AvgIpc) is 3.23. The van der Waals surface area contributed by atoms with Gasteiger partial charge in [0.2, 0.25) is 5.91 Å². The van der Waals surface area contributed by atoms with Gasteiger partial charge in [-0.15, -0.1) is 0 Å². The molecular formula is C19H34N2O. The van der Waals surface area contributed by atoms with E-state index in [1.54, 1.807) is 0 Å². The average molecular weight is 306 g/mol. The normalized spacial score (nSPS) is 25.9. The number of nitrogens with one attached hydrogen (secondary N) is 1. The number of carbonyl (C=O) groups excluding carboxylic acids is 1. The van der Waals surface area contributed by atoms with Gasteiger partial charge in [-0.1, -0.05) is 26.7 Å². The van der Waals surface area contributed by atoms with E-state index >= 15 is 0 Å². The van der Waals surface area contributed by atoms with E-state index in [0.29, 0.717) is 17.9 Å². The lowest BCUT2D eigenvalue weighted by Gasteiger charge is -2.39. The lowest BCUT2D eigenvalue weighted by Crippen LogP contribution is -2.50. The van der Waals surface area contributed by atoms with Crippen LogP contribution in [-0.4, -0.2) is 36.5 Å². The summed E-state index contributed by atoms with van der Waals surface area (Å²) in [5.41, 5.74) is -0.0115. The highest BCUT2D eigenvalue weighted by Crippen LogP contribution is 2.45. The molecule has 0 aromatic rings. The summed E-state index contributed by atoms with van der Waals surface area (Å²) in [6.45, 7) is 7.68. The molecule has 0 bridgehead atoms. The van der Waals surface area contributed by atoms with Gasteiger partial charge >= 0.3 is 0 Å². The Morgan fingerprint density at radius 1 is 1.14 bits per heavy atom. The zero-order chi connectivity index (χ0) is 15.6. The van der Waals surface area contributed by atoms with Crippen molar-refractivity contribution in [2.45, 2.75) is 77.7 Å². The van der Waals surface area contributed by atoms with Crippen molar-refractivity contribution in [1.82, 2.24) is 10.2 Å². The Morgan fingerprint density at radius 2 is 1.77 bits per heavy atom. The molecule has 1 heterocycles. The molecule has 3 aliphatic rings. The number of hydrogen-bond donors (Lipinski definition) is 1. The molecule has 126 valence electrons. The second-order valence-electron chi connectivity index (χ2n) is 8.50. The fourth-order valence-electron chi connectivity index (χ4n) is 4.62. The fraction of sp³-hybridized carbons (Fsp3) is 0.947. The molecule has 3 heteroatoms. The quantitative estimate of drug-likeness (QED) is 0.813. The van der Waals surface area contributed by atoms with E-state index in [4.69, 9.17) is 0 Å². The molecule has 2 saturated carbocycles. The van der Waals surface area contributed by atoms with Gasteiger partial charge in [0.25, 0.3) is 0 Å². The van der Waals surface area contributed by atoms with Crippen LogP contribution in [0.2, 0.25) is 0 Å². The van der Waals surface area contributed by atoms with Crippen LogP contribution in [0, 0.1) is 17.3 Å². The van der Waals surface area contributed by atoms with Gasteiger partial charge in [-0.2, -0.15) is 0 Å². The van der Waals surface area contributed by atoms with Gasteiger partial charge in [0.1, 0.15) is 0 Å². The topological polar surface area (TPSA) is 32.3 Å². The molecule has 1 saturated heterocycles. The third-order valence-electron chi connectivity index (χ3n) is 5.99. The molecule has 0 radical (unpaired) electrons. The predicted octanol–water partition coefficient (Wildman–Crippen LogP) is 3.58. The van der Waals surface area contributed by atoms with Gasteiger partial charge < -0.3 is 10.2 Å². The van der Waals surface area contributed by atoms with Crippen LogP contribution in [0.4, 0.5) is 0 Å². The van der Waals surface area contributed by atoms with Crippen LogP contribution < -0.4 is 5.32 Å². The van der Waals surface area contributed by atoms with E-state index in [-0.39, 0.29) is 5.41 Å². The zero-order valence-electron chi connectivity index (χ0n) is 14.6. The number of nitrogens with zero attached hydrogens (tertiary/aromatic N) is 1. The van der Waals surface area contributed by atoms with Gasteiger partial charge in [-0.3, -0.25) is 4.79 Å². The van der Waals surface area contributed by atoms with Gasteiger partial charge in [-0.05, 0) is 63.3 Å². The summed E-state index contributed by atoms with van der Waals surface area (Å²) in [4.78, 5) is 15.3. The lowest BCUT2D eigenvalue weighted by atomic mass is 9.77. The number of amides is 1. The van der Waals surface area contributed by atoms with E-state index in [0.717, 1.165) is 51.1 Å². The molecule has 1 N–H and O–H groups in total. The summed E-state index contributed by atoms with van der Waals surface area (Å²) in [6.07, 6.45) is 11.0. The summed E-state index contributed by atoms with van der Waals surface area (Å²) in [5, 5.41) is 3.72. The van der Waals surface area contributed by atoms with Crippen molar-refractivity contribution >= 4 is 5.91 Å². The SMILES string of the molecule is CC(C)CC1(C(=O)N2CCC(NCC3CC3)CC2)CCCC1. The molecule has 2 aliphatic carbocycles. The summed E-state index contributed by atoms with van der Waals surface area (Å²) in [6, 6.07) is 0.647. The number of likely N-dealkylation sites (tertiary alicyclic amines) is 1. The first-order valence-electron chi connectivity index (χ1n) is 9.62. The molecule has 0 spiro atoms. The molecule has 1 aliphatic heterocycles. The Labute approximate surface area is 136 Å². The van der Waals surface area contributed by atoms with E-state index in [9.17, 15) is 4.79 Å². The molecule has 3 fully saturated rings. The highest BCUT2D eigenvalue weighted by molar-refractivity contribution is 5.83. The van der Waals surface area contributed by atoms with E-state index in [1.165, 1.54) is 32.2 Å². The fourth-order valence-corrected chi connectivity index (χ4v) is 4.62. The van der Waals surface area contributed by atoms with E-state index in [2.05, 4.69) is 24.1 Å². The second-order valence-corrected chi connectivity index (χ2v) is 8.50. The monoisotopic (exact) mass is 306 g/mol. The largest absolute Gasteiger partial charge is 0.342 e. The minimum absolute atomic E-state index is 0.0115. The standard InChI is InChI=1S/C19H34N2O/c1-15(2)13-19(9-3-4-10-19)18(22)21-11-7-17(8-12-21)20-14-16-5-6-16/h15-17,20H,3-14H2,1-2H3. The first kappa shape index (κ1) is 16.3. The Morgan fingerprint density at radius 3 is 2.32 bits per heavy atom. The van der Waals surface area contributed by atoms with Gasteiger partial charge in [0.05, 0.1) is 0 Å². The Balaban J connectivity index is 1.51. The zero-order valence-corrected chi connectivity index (χ0v) is 14.6. The number of hydrogen-bond acceptors (Lipinski definition) is 2. The lowest BCUT2D eigenvalue weighted by molar-refractivity contribution is -0.144. The van der Waals surface area contributed by atoms with E-state index in [1.807, 2.05) is 0 Å². The smallest absolute Gasteiger partial charge is 0.228 e. The molecular weight excluding hydrogens is 272 g/mol. The maximum atomic E-state index is 13.1. The number of carbonyl (C=O) groups is 1. The van der Waals surface area contributed by atoms with Crippen molar-refractivity contribution in [3.8, 4) is 0 Å². The van der Waals surface area contributed by atoms with Crippen molar-refractivity contribution in [2.24, 2.45) is 17.3 Å². The molecule has 22 heavy (non-hydrogen) atoms. The highest BCUT2D eigenvalue weighted by Gasteiger charge is 2.44.